The smallest absolute Gasteiger partial charge is 0.184 e. The molecule has 0 aliphatic rings. The topological polar surface area (TPSA) is 0 Å². The molecule has 4 rings (SSSR count). The Balaban J connectivity index is 0.000000317. The van der Waals surface area contributed by atoms with Crippen molar-refractivity contribution in [2.75, 3.05) is 0 Å². The van der Waals surface area contributed by atoms with E-state index in [0.29, 0.717) is 0 Å². The van der Waals surface area contributed by atoms with Crippen molar-refractivity contribution in [2.45, 2.75) is 0 Å². The van der Waals surface area contributed by atoms with Crippen LogP contribution >= 0.6 is 9.24 Å². The van der Waals surface area contributed by atoms with Gasteiger partial charge in [-0.15, -0.1) is 9.24 Å². The van der Waals surface area contributed by atoms with Crippen LogP contribution in [0, 0.1) is 18.2 Å². The van der Waals surface area contributed by atoms with E-state index >= 15 is 0 Å². The molecule has 0 saturated heterocycles. The SMILES string of the molecule is Pc1ccccc1.[Ni+3].[c-]1ccccc1.[c-]1ccccc1.[c-]1ccccc1. The molecule has 0 saturated carbocycles. The zero-order chi connectivity index (χ0) is 17.8. The minimum absolute atomic E-state index is 0. The van der Waals surface area contributed by atoms with Gasteiger partial charge in [-0.05, 0) is 5.30 Å². The first-order valence-electron chi connectivity index (χ1n) is 7.93. The van der Waals surface area contributed by atoms with Crippen molar-refractivity contribution in [1.29, 1.82) is 0 Å². The Morgan fingerprint density at radius 2 is 0.692 bits per heavy atom. The molecule has 0 aromatic heterocycles. The second-order valence-corrected chi connectivity index (χ2v) is 5.31. The van der Waals surface area contributed by atoms with Crippen LogP contribution in [-0.2, 0) is 16.5 Å². The maximum Gasteiger partial charge on any atom is 3.00 e. The summed E-state index contributed by atoms with van der Waals surface area (Å²) in [6.45, 7) is 0. The standard InChI is InChI=1S/C6H7P.3C6H5.Ni/c7-6-4-2-1-3-5-6;3*1-2-4-6-5-3-1;/h1-5H,7H2;3*1-5H;/q;3*-1;+3. The third kappa shape index (κ3) is 16.7. The van der Waals surface area contributed by atoms with Crippen LogP contribution in [0.3, 0.4) is 0 Å². The molecule has 4 aromatic rings. The number of hydrogen-bond acceptors (Lipinski definition) is 0. The van der Waals surface area contributed by atoms with Crippen molar-refractivity contribution in [1.82, 2.24) is 0 Å². The Morgan fingerprint density at radius 1 is 0.423 bits per heavy atom. The van der Waals surface area contributed by atoms with Gasteiger partial charge in [-0.25, -0.2) is 0 Å². The second kappa shape index (κ2) is 19.1. The summed E-state index contributed by atoms with van der Waals surface area (Å²) >= 11 is 0. The van der Waals surface area contributed by atoms with Crippen molar-refractivity contribution < 1.29 is 16.5 Å². The molecule has 1 radical (unpaired) electrons. The van der Waals surface area contributed by atoms with Gasteiger partial charge in [-0.2, -0.15) is 109 Å². The van der Waals surface area contributed by atoms with Gasteiger partial charge in [0.05, 0.1) is 0 Å². The first-order chi connectivity index (χ1) is 12.4. The van der Waals surface area contributed by atoms with Crippen LogP contribution in [0.25, 0.3) is 0 Å². The maximum absolute atomic E-state index is 2.89. The molecule has 133 valence electrons. The van der Waals surface area contributed by atoms with Crippen LogP contribution in [0.1, 0.15) is 0 Å². The minimum Gasteiger partial charge on any atom is -0.184 e. The van der Waals surface area contributed by atoms with E-state index in [4.69, 9.17) is 0 Å². The van der Waals surface area contributed by atoms with Crippen molar-refractivity contribution in [3.63, 3.8) is 0 Å². The zero-order valence-electron chi connectivity index (χ0n) is 14.4. The summed E-state index contributed by atoms with van der Waals surface area (Å²) in [5.74, 6) is 0. The molecule has 0 spiro atoms. The van der Waals surface area contributed by atoms with E-state index in [-0.39, 0.29) is 16.5 Å². The molecule has 0 heterocycles. The number of benzene rings is 4. The summed E-state index contributed by atoms with van der Waals surface area (Å²) in [6.07, 6.45) is 0. The van der Waals surface area contributed by atoms with Crippen LogP contribution in [0.2, 0.25) is 0 Å². The fraction of sp³-hybridized carbons (Fsp3) is 0. The quantitative estimate of drug-likeness (QED) is 0.204. The fourth-order valence-electron chi connectivity index (χ4n) is 1.48. The number of hydrogen-bond donors (Lipinski definition) is 0. The first kappa shape index (κ1) is 23.8. The molecule has 0 aliphatic carbocycles. The second-order valence-electron chi connectivity index (χ2n) is 4.64. The van der Waals surface area contributed by atoms with E-state index in [0.717, 1.165) is 0 Å². The third-order valence-electron chi connectivity index (χ3n) is 2.62. The fourth-order valence-corrected chi connectivity index (χ4v) is 1.70. The van der Waals surface area contributed by atoms with Gasteiger partial charge in [0, 0.05) is 0 Å². The normalized spacial score (nSPS) is 7.88. The Morgan fingerprint density at radius 3 is 0.808 bits per heavy atom. The summed E-state index contributed by atoms with van der Waals surface area (Å²) in [4.78, 5) is 0. The minimum atomic E-state index is 0. The first-order valence-corrected chi connectivity index (χ1v) is 8.51. The van der Waals surface area contributed by atoms with Crippen LogP contribution < -0.4 is 5.30 Å². The summed E-state index contributed by atoms with van der Waals surface area (Å²) in [7, 11) is 2.63. The monoisotopic (exact) mass is 399 g/mol. The third-order valence-corrected chi connectivity index (χ3v) is 3.01. The van der Waals surface area contributed by atoms with Gasteiger partial charge in [0.1, 0.15) is 0 Å². The molecule has 26 heavy (non-hydrogen) atoms. The molecular weight excluding hydrogens is 378 g/mol. The summed E-state index contributed by atoms with van der Waals surface area (Å²) in [5, 5.41) is 1.24. The van der Waals surface area contributed by atoms with Crippen LogP contribution in [0.4, 0.5) is 0 Å². The van der Waals surface area contributed by atoms with Gasteiger partial charge in [0.2, 0.25) is 0 Å². The van der Waals surface area contributed by atoms with Crippen molar-refractivity contribution in [3.8, 4) is 0 Å². The van der Waals surface area contributed by atoms with E-state index in [2.05, 4.69) is 27.4 Å². The van der Waals surface area contributed by atoms with Crippen LogP contribution in [0.5, 0.6) is 0 Å². The summed E-state index contributed by atoms with van der Waals surface area (Å²) in [6, 6.07) is 47.6. The average molecular weight is 400 g/mol. The zero-order valence-corrected chi connectivity index (χ0v) is 16.6. The molecule has 0 nitrogen and oxygen atoms in total. The molecule has 0 aliphatic heterocycles. The summed E-state index contributed by atoms with van der Waals surface area (Å²) < 4.78 is 0. The molecule has 0 amide bonds. The van der Waals surface area contributed by atoms with Crippen molar-refractivity contribution in [2.24, 2.45) is 0 Å². The molecular formula is C24H22NiP. The van der Waals surface area contributed by atoms with Crippen molar-refractivity contribution >= 4 is 14.5 Å². The van der Waals surface area contributed by atoms with Gasteiger partial charge in [-0.3, -0.25) is 0 Å². The predicted octanol–water partition coefficient (Wildman–Crippen LogP) is 5.64. The Bertz CT molecular complexity index is 547. The average Bonchev–Trinajstić information content (AvgIpc) is 2.74. The Labute approximate surface area is 170 Å². The van der Waals surface area contributed by atoms with Gasteiger partial charge in [0.15, 0.2) is 0 Å². The summed E-state index contributed by atoms with van der Waals surface area (Å²) in [5.41, 5.74) is 0. The Kier molecular flexibility index (Phi) is 17.5. The van der Waals surface area contributed by atoms with Gasteiger partial charge in [-0.1, -0.05) is 30.3 Å². The van der Waals surface area contributed by atoms with Gasteiger partial charge in [0.25, 0.3) is 0 Å². The van der Waals surface area contributed by atoms with E-state index in [9.17, 15) is 0 Å². The molecule has 2 heteroatoms. The maximum atomic E-state index is 2.89. The van der Waals surface area contributed by atoms with E-state index in [1.807, 2.05) is 121 Å². The van der Waals surface area contributed by atoms with Gasteiger partial charge >= 0.3 is 16.5 Å². The number of rotatable bonds is 0. The van der Waals surface area contributed by atoms with Gasteiger partial charge < -0.3 is 0 Å². The van der Waals surface area contributed by atoms with Crippen LogP contribution in [-0.4, -0.2) is 0 Å². The molecule has 0 N–H and O–H groups in total. The molecule has 1 atom stereocenters. The molecule has 1 unspecified atom stereocenters. The largest absolute Gasteiger partial charge is 3.00 e. The molecule has 0 fully saturated rings. The van der Waals surface area contributed by atoms with E-state index in [1.54, 1.807) is 0 Å². The van der Waals surface area contributed by atoms with E-state index < -0.39 is 0 Å². The molecule has 0 bridgehead atoms. The molecule has 4 aromatic carbocycles. The van der Waals surface area contributed by atoms with Crippen molar-refractivity contribution in [3.05, 3.63) is 140 Å². The van der Waals surface area contributed by atoms with Crippen LogP contribution in [0.15, 0.2) is 121 Å². The Hall–Kier alpha value is -2.20. The predicted molar refractivity (Wildman–Crippen MR) is 112 cm³/mol. The van der Waals surface area contributed by atoms with E-state index in [1.165, 1.54) is 5.30 Å².